The number of ether oxygens (including phenoxy) is 2. The van der Waals surface area contributed by atoms with E-state index < -0.39 is 0 Å². The van der Waals surface area contributed by atoms with Gasteiger partial charge in [-0.1, -0.05) is 249 Å². The molecule has 0 atom stereocenters. The Balaban J connectivity index is 0.903. The highest BCUT2D eigenvalue weighted by Crippen LogP contribution is 2.70. The molecule has 21 rings (SSSR count). The molecule has 15 aromatic carbocycles. The van der Waals surface area contributed by atoms with Crippen molar-refractivity contribution in [2.75, 3.05) is 9.80 Å². The largest absolute Gasteiger partial charge is 0.458 e. The summed E-state index contributed by atoms with van der Waals surface area (Å²) in [6, 6.07) is 126. The van der Waals surface area contributed by atoms with Gasteiger partial charge in [0.15, 0.2) is 22.7 Å². The first-order valence-corrected chi connectivity index (χ1v) is 33.6. The Kier molecular flexibility index (Phi) is 11.6. The third kappa shape index (κ3) is 7.71. The second kappa shape index (κ2) is 20.8. The minimum absolute atomic E-state index is 0.263. The molecule has 0 fully saturated rings. The van der Waals surface area contributed by atoms with Crippen LogP contribution in [-0.4, -0.2) is 13.4 Å². The summed E-state index contributed by atoms with van der Waals surface area (Å²) < 4.78 is 16.0. The number of nitrogens with zero attached hydrogens (tertiary/aromatic N) is 3. The molecule has 0 amide bonds. The Morgan fingerprint density at radius 3 is 1.24 bits per heavy atom. The fourth-order valence-electron chi connectivity index (χ4n) is 17.3. The van der Waals surface area contributed by atoms with Crippen LogP contribution in [0.5, 0.6) is 23.0 Å². The van der Waals surface area contributed by atoms with Gasteiger partial charge in [-0.15, -0.1) is 0 Å². The summed E-state index contributed by atoms with van der Waals surface area (Å²) in [6.07, 6.45) is 0. The minimum Gasteiger partial charge on any atom is -0.458 e. The quantitative estimate of drug-likeness (QED) is 0.117. The predicted octanol–water partition coefficient (Wildman–Crippen LogP) is 20.1. The monoisotopic (exact) mass is 1230 g/mol. The van der Waals surface area contributed by atoms with Gasteiger partial charge in [-0.3, -0.25) is 0 Å². The molecule has 97 heavy (non-hydrogen) atoms. The summed E-state index contributed by atoms with van der Waals surface area (Å²) in [4.78, 5) is 5.16. The number of fused-ring (bicyclic) bond motifs is 19. The fraction of sp³-hybridized carbons (Fsp3) is 0. The van der Waals surface area contributed by atoms with Crippen molar-refractivity contribution in [3.63, 3.8) is 0 Å². The van der Waals surface area contributed by atoms with Gasteiger partial charge < -0.3 is 19.3 Å². The number of hydrogen-bond acceptors (Lipinski definition) is 4. The van der Waals surface area contributed by atoms with Crippen LogP contribution < -0.4 is 56.5 Å². The number of rotatable bonds is 7. The van der Waals surface area contributed by atoms with Gasteiger partial charge in [0.05, 0.1) is 27.9 Å². The van der Waals surface area contributed by atoms with Gasteiger partial charge in [-0.05, 0) is 144 Å². The lowest BCUT2D eigenvalue weighted by molar-refractivity contribution is 0.488. The van der Waals surface area contributed by atoms with Gasteiger partial charge in [0.2, 0.25) is 0 Å². The Morgan fingerprint density at radius 1 is 0.247 bits per heavy atom. The fourth-order valence-corrected chi connectivity index (χ4v) is 17.3. The van der Waals surface area contributed by atoms with E-state index in [9.17, 15) is 0 Å². The average Bonchev–Trinajstić information content (AvgIpc) is 1.58. The molecule has 0 saturated heterocycles. The Bertz CT molecular complexity index is 5690. The first-order chi connectivity index (χ1) is 48.1. The van der Waals surface area contributed by atoms with Crippen molar-refractivity contribution in [1.82, 2.24) is 4.48 Å². The smallest absolute Gasteiger partial charge is 0.256 e. The number of hydrogen-bond donors (Lipinski definition) is 0. The predicted molar refractivity (Wildman–Crippen MR) is 403 cm³/mol. The topological polar surface area (TPSA) is 24.9 Å². The zero-order valence-electron chi connectivity index (χ0n) is 52.6. The molecule has 0 saturated carbocycles. The zero-order valence-corrected chi connectivity index (χ0v) is 52.6. The van der Waals surface area contributed by atoms with Crippen molar-refractivity contribution in [2.24, 2.45) is 0 Å². The lowest BCUT2D eigenvalue weighted by atomic mass is 9.30. The molecule has 15 aromatic rings. The second-order valence-electron chi connectivity index (χ2n) is 26.2. The molecule has 5 nitrogen and oxygen atoms in total. The molecule has 6 heterocycles. The van der Waals surface area contributed by atoms with E-state index in [1.165, 1.54) is 50.4 Å². The molecule has 0 N–H and O–H groups in total. The van der Waals surface area contributed by atoms with Crippen molar-refractivity contribution in [2.45, 2.75) is 0 Å². The molecule has 448 valence electrons. The zero-order chi connectivity index (χ0) is 63.5. The standard InChI is InChI=1S/C90H56B2N3O2/c1-7-26-57(27-8-1)62-46-47-71-83(52-62)96-84-53-64(59-30-11-3-12-31-59)51-78-88(84)91(71)74-55-73-75(56-76(74)94(78)89-66(60-32-13-4-14-33-60)41-25-42-67(89)61-34-15-5-16-35-61)93(65-36-17-6-18-37-65)77-50-63(58-28-9-2-10-29-58)54-85-87(77)92(73)72-48-49-82-86(90(72)97-85)70-40-21-24-45-81(70)95(82)79-43-22-19-38-68(79)69-39-20-23-44-80(69)95/h1-56H/q+1. The molecular formula is C90H56B2N3O2+. The summed E-state index contributed by atoms with van der Waals surface area (Å²) >= 11 is 0. The van der Waals surface area contributed by atoms with Crippen LogP contribution in [0.4, 0.5) is 56.9 Å². The normalized spacial score (nSPS) is 13.7. The van der Waals surface area contributed by atoms with Crippen LogP contribution in [0.2, 0.25) is 0 Å². The highest BCUT2D eigenvalue weighted by molar-refractivity contribution is 7.02. The van der Waals surface area contributed by atoms with Crippen LogP contribution in [0.3, 0.4) is 0 Å². The van der Waals surface area contributed by atoms with Crippen molar-refractivity contribution in [3.8, 4) is 101 Å². The summed E-state index contributed by atoms with van der Waals surface area (Å²) in [5.41, 5.74) is 34.1. The summed E-state index contributed by atoms with van der Waals surface area (Å²) in [6.45, 7) is -0.545. The SMILES string of the molecule is c1ccc(-c2ccc3c(c2)Oc2cc(-c4ccccc4)cc4c2B3c2cc3c(cc2N4c2c(-c4ccccc4)cccc2-c2ccccc2)N(c2ccccc2)c2cc(-c4ccccc4)cc4c2B3c2ccc3c(c2O4)-c2ccccc2[N+]32c3ccccc3-c3ccccc32)cc1. The summed E-state index contributed by atoms with van der Waals surface area (Å²) in [5.74, 6) is 3.43. The molecule has 6 aliphatic rings. The van der Waals surface area contributed by atoms with E-state index in [0.29, 0.717) is 4.48 Å². The third-order valence-corrected chi connectivity index (χ3v) is 21.3. The first kappa shape index (κ1) is 54.0. The number of quaternary nitrogens is 1. The van der Waals surface area contributed by atoms with E-state index >= 15 is 0 Å². The third-order valence-electron chi connectivity index (χ3n) is 21.3. The van der Waals surface area contributed by atoms with Gasteiger partial charge in [-0.2, -0.15) is 4.48 Å². The summed E-state index contributed by atoms with van der Waals surface area (Å²) in [7, 11) is 0. The van der Waals surface area contributed by atoms with E-state index in [2.05, 4.69) is 350 Å². The van der Waals surface area contributed by atoms with Gasteiger partial charge >= 0.3 is 0 Å². The highest BCUT2D eigenvalue weighted by atomic mass is 16.5. The maximum absolute atomic E-state index is 7.96. The molecule has 0 bridgehead atoms. The van der Waals surface area contributed by atoms with E-state index in [0.717, 1.165) is 140 Å². The Hall–Kier alpha value is -12.4. The molecule has 0 unspecified atom stereocenters. The Labute approximate surface area is 564 Å². The maximum atomic E-state index is 7.96. The first-order valence-electron chi connectivity index (χ1n) is 33.6. The molecule has 0 aromatic heterocycles. The van der Waals surface area contributed by atoms with Crippen LogP contribution in [0.25, 0.3) is 77.9 Å². The van der Waals surface area contributed by atoms with Crippen LogP contribution in [0, 0.1) is 0 Å². The lowest BCUT2D eigenvalue weighted by Gasteiger charge is -2.45. The van der Waals surface area contributed by atoms with E-state index in [1.54, 1.807) is 0 Å². The van der Waals surface area contributed by atoms with Crippen molar-refractivity contribution in [1.29, 1.82) is 0 Å². The van der Waals surface area contributed by atoms with Crippen molar-refractivity contribution in [3.05, 3.63) is 340 Å². The van der Waals surface area contributed by atoms with E-state index in [-0.39, 0.29) is 13.4 Å². The molecular weight excluding hydrogens is 1180 g/mol. The average molecular weight is 1230 g/mol. The van der Waals surface area contributed by atoms with Crippen molar-refractivity contribution < 1.29 is 9.47 Å². The molecule has 6 aliphatic heterocycles. The van der Waals surface area contributed by atoms with E-state index in [4.69, 9.17) is 9.47 Å². The number of anilines is 6. The molecule has 0 aliphatic carbocycles. The van der Waals surface area contributed by atoms with Crippen LogP contribution >= 0.6 is 0 Å². The van der Waals surface area contributed by atoms with Crippen LogP contribution in [-0.2, 0) is 0 Å². The molecule has 7 heteroatoms. The number of para-hydroxylation sites is 5. The van der Waals surface area contributed by atoms with Crippen LogP contribution in [0.1, 0.15) is 0 Å². The van der Waals surface area contributed by atoms with Gasteiger partial charge in [0, 0.05) is 63.8 Å². The van der Waals surface area contributed by atoms with Gasteiger partial charge in [-0.25, -0.2) is 0 Å². The van der Waals surface area contributed by atoms with E-state index in [1.807, 2.05) is 0 Å². The Morgan fingerprint density at radius 2 is 0.670 bits per heavy atom. The maximum Gasteiger partial charge on any atom is 0.256 e. The molecule has 0 radical (unpaired) electrons. The minimum atomic E-state index is -0.283. The van der Waals surface area contributed by atoms with Crippen LogP contribution in [0.15, 0.2) is 340 Å². The summed E-state index contributed by atoms with van der Waals surface area (Å²) in [5, 5.41) is 0. The van der Waals surface area contributed by atoms with Gasteiger partial charge in [0.1, 0.15) is 23.0 Å². The molecule has 1 spiro atoms. The highest BCUT2D eigenvalue weighted by Gasteiger charge is 2.57. The second-order valence-corrected chi connectivity index (χ2v) is 26.2. The van der Waals surface area contributed by atoms with Gasteiger partial charge in [0.25, 0.3) is 13.4 Å². The number of benzene rings is 15. The lowest BCUT2D eigenvalue weighted by Crippen LogP contribution is -2.64. The van der Waals surface area contributed by atoms with Crippen molar-refractivity contribution >= 4 is 103 Å².